The van der Waals surface area contributed by atoms with E-state index in [1.54, 1.807) is 13.4 Å². The number of benzene rings is 1. The molecule has 0 aliphatic carbocycles. The third kappa shape index (κ3) is 1.97. The summed E-state index contributed by atoms with van der Waals surface area (Å²) in [6.07, 6.45) is 3.28. The molecule has 0 fully saturated rings. The Morgan fingerprint density at radius 3 is 3.00 bits per heavy atom. The Kier molecular flexibility index (Phi) is 2.92. The zero-order valence-corrected chi connectivity index (χ0v) is 8.69. The molecule has 3 nitrogen and oxygen atoms in total. The highest BCUT2D eigenvalue weighted by Gasteiger charge is 2.06. The van der Waals surface area contributed by atoms with Crippen LogP contribution in [0.3, 0.4) is 0 Å². The fraction of sp³-hybridized carbons (Fsp3) is 0.333. The average Bonchev–Trinajstić information content (AvgIpc) is 2.73. The van der Waals surface area contributed by atoms with Crippen molar-refractivity contribution >= 4 is 11.0 Å². The number of furan rings is 1. The van der Waals surface area contributed by atoms with Crippen LogP contribution in [0.1, 0.15) is 12.0 Å². The third-order valence-corrected chi connectivity index (χ3v) is 2.42. The van der Waals surface area contributed by atoms with Crippen LogP contribution in [0, 0.1) is 0 Å². The largest absolute Gasteiger partial charge is 0.493 e. The van der Waals surface area contributed by atoms with Crippen molar-refractivity contribution in [3.05, 3.63) is 30.0 Å². The SMILES string of the molecule is COc1cc(CCCO)cc2ccoc12. The van der Waals surface area contributed by atoms with E-state index >= 15 is 0 Å². The number of hydrogen-bond donors (Lipinski definition) is 1. The molecule has 80 valence electrons. The van der Waals surface area contributed by atoms with E-state index in [1.165, 1.54) is 0 Å². The van der Waals surface area contributed by atoms with E-state index in [9.17, 15) is 0 Å². The second-order valence-electron chi connectivity index (χ2n) is 3.46. The number of aliphatic hydroxyl groups excluding tert-OH is 1. The van der Waals surface area contributed by atoms with Crippen molar-refractivity contribution < 1.29 is 14.3 Å². The summed E-state index contributed by atoms with van der Waals surface area (Å²) in [5.74, 6) is 0.755. The van der Waals surface area contributed by atoms with Crippen molar-refractivity contribution in [3.8, 4) is 5.75 Å². The Labute approximate surface area is 88.3 Å². The van der Waals surface area contributed by atoms with Crippen LogP contribution in [-0.4, -0.2) is 18.8 Å². The number of methoxy groups -OCH3 is 1. The lowest BCUT2D eigenvalue weighted by atomic mass is 10.1. The quantitative estimate of drug-likeness (QED) is 0.835. The maximum atomic E-state index is 8.78. The Bertz CT molecular complexity index is 445. The molecule has 1 heterocycles. The van der Waals surface area contributed by atoms with Crippen molar-refractivity contribution in [2.24, 2.45) is 0 Å². The molecular weight excluding hydrogens is 192 g/mol. The summed E-state index contributed by atoms with van der Waals surface area (Å²) in [4.78, 5) is 0. The Morgan fingerprint density at radius 1 is 1.40 bits per heavy atom. The van der Waals surface area contributed by atoms with Crippen LogP contribution < -0.4 is 4.74 Å². The first-order valence-corrected chi connectivity index (χ1v) is 5.00. The van der Waals surface area contributed by atoms with Gasteiger partial charge >= 0.3 is 0 Å². The molecule has 0 aliphatic rings. The molecular formula is C12H14O3. The summed E-state index contributed by atoms with van der Waals surface area (Å²) in [6.45, 7) is 0.214. The maximum Gasteiger partial charge on any atom is 0.175 e. The molecule has 3 heteroatoms. The molecule has 1 aromatic heterocycles. The smallest absolute Gasteiger partial charge is 0.175 e. The monoisotopic (exact) mass is 206 g/mol. The van der Waals surface area contributed by atoms with Gasteiger partial charge < -0.3 is 14.3 Å². The summed E-state index contributed by atoms with van der Waals surface area (Å²) in [7, 11) is 1.63. The van der Waals surface area contributed by atoms with E-state index < -0.39 is 0 Å². The molecule has 0 amide bonds. The molecule has 1 aromatic carbocycles. The molecule has 0 saturated heterocycles. The summed E-state index contributed by atoms with van der Waals surface area (Å²) < 4.78 is 10.6. The van der Waals surface area contributed by atoms with Crippen molar-refractivity contribution in [3.63, 3.8) is 0 Å². The van der Waals surface area contributed by atoms with Gasteiger partial charge in [0, 0.05) is 12.0 Å². The highest BCUT2D eigenvalue weighted by molar-refractivity contribution is 5.83. The molecule has 1 N–H and O–H groups in total. The second-order valence-corrected chi connectivity index (χ2v) is 3.46. The summed E-state index contributed by atoms with van der Waals surface area (Å²) in [6, 6.07) is 5.94. The molecule has 0 spiro atoms. The number of aliphatic hydroxyl groups is 1. The molecule has 0 bridgehead atoms. The van der Waals surface area contributed by atoms with Crippen LogP contribution in [0.25, 0.3) is 11.0 Å². The van der Waals surface area contributed by atoms with Gasteiger partial charge in [-0.25, -0.2) is 0 Å². The topological polar surface area (TPSA) is 42.6 Å². The molecule has 0 saturated carbocycles. The summed E-state index contributed by atoms with van der Waals surface area (Å²) in [5, 5.41) is 9.82. The molecule has 0 radical (unpaired) electrons. The first kappa shape index (κ1) is 10.1. The van der Waals surface area contributed by atoms with Crippen molar-refractivity contribution in [1.82, 2.24) is 0 Å². The van der Waals surface area contributed by atoms with E-state index in [0.29, 0.717) is 0 Å². The van der Waals surface area contributed by atoms with Gasteiger partial charge in [0.05, 0.1) is 13.4 Å². The fourth-order valence-electron chi connectivity index (χ4n) is 1.69. The predicted molar refractivity (Wildman–Crippen MR) is 58.2 cm³/mol. The summed E-state index contributed by atoms with van der Waals surface area (Å²) >= 11 is 0. The van der Waals surface area contributed by atoms with Crippen LogP contribution in [0.15, 0.2) is 28.9 Å². The average molecular weight is 206 g/mol. The molecule has 0 atom stereocenters. The molecule has 0 unspecified atom stereocenters. The summed E-state index contributed by atoms with van der Waals surface area (Å²) in [5.41, 5.74) is 1.94. The van der Waals surface area contributed by atoms with Crippen molar-refractivity contribution in [2.45, 2.75) is 12.8 Å². The second kappa shape index (κ2) is 4.36. The number of aryl methyl sites for hydroxylation is 1. The Morgan fingerprint density at radius 2 is 2.27 bits per heavy atom. The van der Waals surface area contributed by atoms with Crippen molar-refractivity contribution in [1.29, 1.82) is 0 Å². The Hall–Kier alpha value is -1.48. The lowest BCUT2D eigenvalue weighted by molar-refractivity contribution is 0.288. The first-order chi connectivity index (χ1) is 7.35. The lowest BCUT2D eigenvalue weighted by Crippen LogP contribution is -1.91. The van der Waals surface area contributed by atoms with Crippen LogP contribution in [0.5, 0.6) is 5.75 Å². The number of rotatable bonds is 4. The Balaban J connectivity index is 2.40. The highest BCUT2D eigenvalue weighted by atomic mass is 16.5. The van der Waals surface area contributed by atoms with E-state index in [1.807, 2.05) is 12.1 Å². The zero-order chi connectivity index (χ0) is 10.7. The van der Waals surface area contributed by atoms with Gasteiger partial charge in [0.15, 0.2) is 11.3 Å². The van der Waals surface area contributed by atoms with Gasteiger partial charge in [-0.1, -0.05) is 0 Å². The minimum absolute atomic E-state index is 0.214. The van der Waals surface area contributed by atoms with Gasteiger partial charge in [0.25, 0.3) is 0 Å². The number of hydrogen-bond acceptors (Lipinski definition) is 3. The molecule has 15 heavy (non-hydrogen) atoms. The van der Waals surface area contributed by atoms with Gasteiger partial charge in [-0.2, -0.15) is 0 Å². The zero-order valence-electron chi connectivity index (χ0n) is 8.69. The van der Waals surface area contributed by atoms with Crippen LogP contribution in [0.2, 0.25) is 0 Å². The van der Waals surface area contributed by atoms with E-state index in [-0.39, 0.29) is 6.61 Å². The van der Waals surface area contributed by atoms with E-state index in [2.05, 4.69) is 6.07 Å². The van der Waals surface area contributed by atoms with Gasteiger partial charge in [-0.3, -0.25) is 0 Å². The van der Waals surface area contributed by atoms with Crippen LogP contribution >= 0.6 is 0 Å². The van der Waals surface area contributed by atoms with E-state index in [4.69, 9.17) is 14.3 Å². The van der Waals surface area contributed by atoms with Gasteiger partial charge in [0.1, 0.15) is 0 Å². The number of ether oxygens (including phenoxy) is 1. The fourth-order valence-corrected chi connectivity index (χ4v) is 1.69. The third-order valence-electron chi connectivity index (χ3n) is 2.42. The van der Waals surface area contributed by atoms with E-state index in [0.717, 1.165) is 35.1 Å². The van der Waals surface area contributed by atoms with Gasteiger partial charge in [0.2, 0.25) is 0 Å². The molecule has 0 aliphatic heterocycles. The highest BCUT2D eigenvalue weighted by Crippen LogP contribution is 2.28. The van der Waals surface area contributed by atoms with Gasteiger partial charge in [-0.15, -0.1) is 0 Å². The molecule has 2 aromatic rings. The maximum absolute atomic E-state index is 8.78. The number of fused-ring (bicyclic) bond motifs is 1. The molecule has 2 rings (SSSR count). The van der Waals surface area contributed by atoms with Crippen LogP contribution in [-0.2, 0) is 6.42 Å². The lowest BCUT2D eigenvalue weighted by Gasteiger charge is -2.04. The standard InChI is InChI=1S/C12H14O3/c1-14-11-8-9(3-2-5-13)7-10-4-6-15-12(10)11/h4,6-8,13H,2-3,5H2,1H3. The normalized spacial score (nSPS) is 10.8. The minimum atomic E-state index is 0.214. The first-order valence-electron chi connectivity index (χ1n) is 5.00. The van der Waals surface area contributed by atoms with Crippen molar-refractivity contribution in [2.75, 3.05) is 13.7 Å². The minimum Gasteiger partial charge on any atom is -0.493 e. The predicted octanol–water partition coefficient (Wildman–Crippen LogP) is 2.37. The van der Waals surface area contributed by atoms with Crippen LogP contribution in [0.4, 0.5) is 0 Å². The van der Waals surface area contributed by atoms with Gasteiger partial charge in [-0.05, 0) is 36.6 Å².